The zero-order chi connectivity index (χ0) is 13.0. The first kappa shape index (κ1) is 12.7. The third-order valence-electron chi connectivity index (χ3n) is 2.26. The largest absolute Gasteiger partial charge is 0.481 e. The minimum absolute atomic E-state index is 0.317. The molecule has 0 atom stereocenters. The van der Waals surface area contributed by atoms with Gasteiger partial charge in [-0.15, -0.1) is 0 Å². The molecular formula is C12H12ClN3O2. The molecule has 0 aliphatic carbocycles. The summed E-state index contributed by atoms with van der Waals surface area (Å²) in [4.78, 5) is 12.5. The molecule has 0 aliphatic rings. The highest BCUT2D eigenvalue weighted by Crippen LogP contribution is 2.21. The standard InChI is InChI=1S/C12H12ClN3O2/c1-17-7-11-15-9(5-10(13)16-11)8-3-4-12(18-2)14-6-8/h3-6H,7H2,1-2H3. The molecule has 2 aromatic rings. The number of nitrogens with zero attached hydrogens (tertiary/aromatic N) is 3. The number of pyridine rings is 1. The molecule has 0 amide bonds. The molecule has 0 bridgehead atoms. The van der Waals surface area contributed by atoms with E-state index in [0.717, 1.165) is 5.56 Å². The topological polar surface area (TPSA) is 57.1 Å². The Bertz CT molecular complexity index is 531. The van der Waals surface area contributed by atoms with Crippen molar-refractivity contribution in [3.8, 4) is 17.1 Å². The van der Waals surface area contributed by atoms with Gasteiger partial charge in [-0.2, -0.15) is 0 Å². The molecule has 94 valence electrons. The van der Waals surface area contributed by atoms with E-state index in [4.69, 9.17) is 21.1 Å². The van der Waals surface area contributed by atoms with E-state index in [1.165, 1.54) is 0 Å². The minimum Gasteiger partial charge on any atom is -0.481 e. The molecule has 0 saturated carbocycles. The summed E-state index contributed by atoms with van der Waals surface area (Å²) in [6, 6.07) is 5.31. The molecule has 0 spiro atoms. The molecule has 0 aliphatic heterocycles. The van der Waals surface area contributed by atoms with Crippen LogP contribution in [0.15, 0.2) is 24.4 Å². The lowest BCUT2D eigenvalue weighted by Crippen LogP contribution is -1.99. The van der Waals surface area contributed by atoms with Crippen LogP contribution in [0, 0.1) is 0 Å². The van der Waals surface area contributed by atoms with Crippen LogP contribution in [0.1, 0.15) is 5.82 Å². The van der Waals surface area contributed by atoms with Gasteiger partial charge >= 0.3 is 0 Å². The second kappa shape index (κ2) is 5.75. The molecular weight excluding hydrogens is 254 g/mol. The monoisotopic (exact) mass is 265 g/mol. The molecule has 2 heterocycles. The van der Waals surface area contributed by atoms with Crippen LogP contribution in [0.5, 0.6) is 5.88 Å². The molecule has 2 rings (SSSR count). The van der Waals surface area contributed by atoms with Crippen molar-refractivity contribution < 1.29 is 9.47 Å². The predicted molar refractivity (Wildman–Crippen MR) is 67.5 cm³/mol. The summed E-state index contributed by atoms with van der Waals surface area (Å²) in [6.07, 6.45) is 1.67. The van der Waals surface area contributed by atoms with Gasteiger partial charge in [-0.1, -0.05) is 11.6 Å². The molecule has 18 heavy (non-hydrogen) atoms. The van der Waals surface area contributed by atoms with E-state index in [0.29, 0.717) is 29.2 Å². The van der Waals surface area contributed by atoms with Crippen molar-refractivity contribution in [3.05, 3.63) is 35.4 Å². The third kappa shape index (κ3) is 2.94. The maximum absolute atomic E-state index is 5.94. The molecule has 0 radical (unpaired) electrons. The zero-order valence-corrected chi connectivity index (χ0v) is 10.8. The van der Waals surface area contributed by atoms with E-state index in [1.807, 2.05) is 6.07 Å². The Morgan fingerprint density at radius 2 is 2.06 bits per heavy atom. The van der Waals surface area contributed by atoms with Crippen molar-refractivity contribution in [2.24, 2.45) is 0 Å². The normalized spacial score (nSPS) is 10.4. The van der Waals surface area contributed by atoms with E-state index in [2.05, 4.69) is 15.0 Å². The summed E-state index contributed by atoms with van der Waals surface area (Å²) >= 11 is 5.94. The number of hydrogen-bond acceptors (Lipinski definition) is 5. The van der Waals surface area contributed by atoms with Crippen LogP contribution in [0.2, 0.25) is 5.15 Å². The Morgan fingerprint density at radius 3 is 2.67 bits per heavy atom. The van der Waals surface area contributed by atoms with Crippen LogP contribution >= 0.6 is 11.6 Å². The highest BCUT2D eigenvalue weighted by molar-refractivity contribution is 6.29. The van der Waals surface area contributed by atoms with Crippen LogP contribution in [-0.4, -0.2) is 29.2 Å². The Morgan fingerprint density at radius 1 is 1.22 bits per heavy atom. The molecule has 0 saturated heterocycles. The van der Waals surface area contributed by atoms with Gasteiger partial charge in [0.1, 0.15) is 11.8 Å². The Kier molecular flexibility index (Phi) is 4.07. The smallest absolute Gasteiger partial charge is 0.212 e. The second-order valence-corrected chi connectivity index (χ2v) is 3.90. The highest BCUT2D eigenvalue weighted by atomic mass is 35.5. The Hall–Kier alpha value is -1.72. The summed E-state index contributed by atoms with van der Waals surface area (Å²) in [6.45, 7) is 0.317. The molecule has 0 aromatic carbocycles. The Labute approximate surface area is 110 Å². The van der Waals surface area contributed by atoms with Gasteiger partial charge in [0.05, 0.1) is 12.8 Å². The quantitative estimate of drug-likeness (QED) is 0.794. The highest BCUT2D eigenvalue weighted by Gasteiger charge is 2.06. The zero-order valence-electron chi connectivity index (χ0n) is 10.1. The molecule has 5 nitrogen and oxygen atoms in total. The number of rotatable bonds is 4. The van der Waals surface area contributed by atoms with Crippen molar-refractivity contribution in [1.82, 2.24) is 15.0 Å². The number of aromatic nitrogens is 3. The van der Waals surface area contributed by atoms with Gasteiger partial charge in [-0.3, -0.25) is 0 Å². The van der Waals surface area contributed by atoms with Crippen molar-refractivity contribution in [2.45, 2.75) is 6.61 Å². The van der Waals surface area contributed by atoms with E-state index >= 15 is 0 Å². The fourth-order valence-electron chi connectivity index (χ4n) is 1.46. The van der Waals surface area contributed by atoms with Gasteiger partial charge in [0.15, 0.2) is 5.82 Å². The van der Waals surface area contributed by atoms with Gasteiger partial charge in [-0.25, -0.2) is 15.0 Å². The lowest BCUT2D eigenvalue weighted by Gasteiger charge is -2.05. The van der Waals surface area contributed by atoms with Crippen LogP contribution in [-0.2, 0) is 11.3 Å². The maximum atomic E-state index is 5.94. The van der Waals surface area contributed by atoms with E-state index < -0.39 is 0 Å². The molecule has 2 aromatic heterocycles. The summed E-state index contributed by atoms with van der Waals surface area (Å²) in [5.74, 6) is 1.09. The first-order valence-corrected chi connectivity index (χ1v) is 5.63. The SMILES string of the molecule is COCc1nc(Cl)cc(-c2ccc(OC)nc2)n1. The molecule has 0 unspecified atom stereocenters. The van der Waals surface area contributed by atoms with Crippen LogP contribution in [0.3, 0.4) is 0 Å². The predicted octanol–water partition coefficient (Wildman–Crippen LogP) is 2.35. The second-order valence-electron chi connectivity index (χ2n) is 3.51. The summed E-state index contributed by atoms with van der Waals surface area (Å²) in [7, 11) is 3.15. The fraction of sp³-hybridized carbons (Fsp3) is 0.250. The van der Waals surface area contributed by atoms with Gasteiger partial charge in [-0.05, 0) is 6.07 Å². The van der Waals surface area contributed by atoms with Gasteiger partial charge in [0, 0.05) is 31.0 Å². The summed E-state index contributed by atoms with van der Waals surface area (Å²) < 4.78 is 9.99. The van der Waals surface area contributed by atoms with Crippen LogP contribution in [0.25, 0.3) is 11.3 Å². The first-order valence-electron chi connectivity index (χ1n) is 5.25. The van der Waals surface area contributed by atoms with Crippen molar-refractivity contribution in [2.75, 3.05) is 14.2 Å². The van der Waals surface area contributed by atoms with Crippen molar-refractivity contribution >= 4 is 11.6 Å². The lowest BCUT2D eigenvalue weighted by atomic mass is 10.2. The van der Waals surface area contributed by atoms with E-state index in [-0.39, 0.29) is 0 Å². The third-order valence-corrected chi connectivity index (χ3v) is 2.45. The minimum atomic E-state index is 0.317. The van der Waals surface area contributed by atoms with Gasteiger partial charge < -0.3 is 9.47 Å². The first-order chi connectivity index (χ1) is 8.72. The van der Waals surface area contributed by atoms with Crippen LogP contribution < -0.4 is 4.74 Å². The van der Waals surface area contributed by atoms with Gasteiger partial charge in [0.2, 0.25) is 5.88 Å². The molecule has 0 N–H and O–H groups in total. The fourth-order valence-corrected chi connectivity index (χ4v) is 1.66. The molecule has 6 heteroatoms. The Balaban J connectivity index is 2.36. The maximum Gasteiger partial charge on any atom is 0.212 e. The van der Waals surface area contributed by atoms with Crippen LogP contribution in [0.4, 0.5) is 0 Å². The summed E-state index contributed by atoms with van der Waals surface area (Å²) in [5, 5.41) is 0.378. The van der Waals surface area contributed by atoms with Gasteiger partial charge in [0.25, 0.3) is 0 Å². The van der Waals surface area contributed by atoms with Crippen molar-refractivity contribution in [1.29, 1.82) is 0 Å². The summed E-state index contributed by atoms with van der Waals surface area (Å²) in [5.41, 5.74) is 1.55. The number of hydrogen-bond donors (Lipinski definition) is 0. The average molecular weight is 266 g/mol. The van der Waals surface area contributed by atoms with E-state index in [1.54, 1.807) is 32.5 Å². The number of halogens is 1. The molecule has 0 fully saturated rings. The number of methoxy groups -OCH3 is 2. The van der Waals surface area contributed by atoms with E-state index in [9.17, 15) is 0 Å². The average Bonchev–Trinajstić information content (AvgIpc) is 2.38. The lowest BCUT2D eigenvalue weighted by molar-refractivity contribution is 0.178. The van der Waals surface area contributed by atoms with Crippen molar-refractivity contribution in [3.63, 3.8) is 0 Å². The number of ether oxygens (including phenoxy) is 2.